The number of aromatic amines is 1. The van der Waals surface area contributed by atoms with Crippen LogP contribution in [0.1, 0.15) is 29.8 Å². The molecule has 0 bridgehead atoms. The van der Waals surface area contributed by atoms with Crippen LogP contribution in [0.3, 0.4) is 0 Å². The molecule has 1 aliphatic rings. The fourth-order valence-corrected chi connectivity index (χ4v) is 1.61. The molecule has 1 aliphatic carbocycles. The van der Waals surface area contributed by atoms with Gasteiger partial charge >= 0.3 is 5.97 Å². The number of nitrogens with zero attached hydrogens (tertiary/aromatic N) is 1. The number of rotatable bonds is 5. The number of aromatic nitrogens is 2. The highest BCUT2D eigenvalue weighted by Crippen LogP contribution is 2.33. The molecule has 1 atom stereocenters. The fourth-order valence-electron chi connectivity index (χ4n) is 1.61. The molecule has 1 heterocycles. The molecule has 0 unspecified atom stereocenters. The maximum absolute atomic E-state index is 11.7. The van der Waals surface area contributed by atoms with Crippen LogP contribution >= 0.6 is 0 Å². The number of carboxylic acids is 1. The lowest BCUT2D eigenvalue weighted by Crippen LogP contribution is -2.41. The zero-order valence-corrected chi connectivity index (χ0v) is 9.55. The van der Waals surface area contributed by atoms with Crippen molar-refractivity contribution in [3.8, 4) is 0 Å². The highest BCUT2D eigenvalue weighted by molar-refractivity contribution is 5.94. The number of hydrogen-bond acceptors (Lipinski definition) is 4. The lowest BCUT2D eigenvalue weighted by molar-refractivity contribution is -0.139. The van der Waals surface area contributed by atoms with E-state index in [1.165, 1.54) is 12.1 Å². The molecule has 2 rings (SSSR count). The Bertz CT molecular complexity index is 501. The van der Waals surface area contributed by atoms with Gasteiger partial charge in [0.15, 0.2) is 0 Å². The second kappa shape index (κ2) is 4.99. The van der Waals surface area contributed by atoms with Crippen molar-refractivity contribution in [2.75, 3.05) is 0 Å². The Morgan fingerprint density at radius 3 is 2.72 bits per heavy atom. The van der Waals surface area contributed by atoms with E-state index in [0.29, 0.717) is 12.3 Å². The number of carboxylic acid groups (broad SMARTS) is 1. The van der Waals surface area contributed by atoms with Gasteiger partial charge in [0.05, 0.1) is 0 Å². The van der Waals surface area contributed by atoms with E-state index >= 15 is 0 Å². The van der Waals surface area contributed by atoms with Gasteiger partial charge in [0.25, 0.3) is 11.5 Å². The normalized spacial score (nSPS) is 16.0. The number of carbonyl (C=O) groups is 2. The summed E-state index contributed by atoms with van der Waals surface area (Å²) in [6.45, 7) is 0. The van der Waals surface area contributed by atoms with Crippen LogP contribution in [-0.4, -0.2) is 33.2 Å². The van der Waals surface area contributed by atoms with Crippen LogP contribution in [0.4, 0.5) is 0 Å². The average molecular weight is 251 g/mol. The van der Waals surface area contributed by atoms with E-state index in [-0.39, 0.29) is 5.69 Å². The Kier molecular flexibility index (Phi) is 3.40. The Morgan fingerprint density at radius 1 is 1.50 bits per heavy atom. The number of hydrogen-bond donors (Lipinski definition) is 3. The number of nitrogens with one attached hydrogen (secondary N) is 2. The maximum atomic E-state index is 11.7. The highest BCUT2D eigenvalue weighted by Gasteiger charge is 2.30. The van der Waals surface area contributed by atoms with Crippen LogP contribution in [0, 0.1) is 5.92 Å². The Morgan fingerprint density at radius 2 is 2.22 bits per heavy atom. The Labute approximate surface area is 102 Å². The van der Waals surface area contributed by atoms with Gasteiger partial charge in [-0.1, -0.05) is 12.8 Å². The predicted octanol–water partition coefficient (Wildman–Crippen LogP) is -0.247. The number of H-pyrrole nitrogens is 1. The fraction of sp³-hybridized carbons (Fsp3) is 0.455. The summed E-state index contributed by atoms with van der Waals surface area (Å²) in [7, 11) is 0. The summed E-state index contributed by atoms with van der Waals surface area (Å²) in [6, 6.07) is 1.52. The molecule has 7 heteroatoms. The quantitative estimate of drug-likeness (QED) is 0.668. The van der Waals surface area contributed by atoms with Gasteiger partial charge in [-0.15, -0.1) is 0 Å². The molecule has 7 nitrogen and oxygen atoms in total. The van der Waals surface area contributed by atoms with E-state index in [9.17, 15) is 14.4 Å². The third-order valence-electron chi connectivity index (χ3n) is 2.78. The first-order valence-corrected chi connectivity index (χ1v) is 5.65. The van der Waals surface area contributed by atoms with Crippen molar-refractivity contribution < 1.29 is 14.7 Å². The molecule has 0 aromatic carbocycles. The van der Waals surface area contributed by atoms with Crippen molar-refractivity contribution >= 4 is 11.9 Å². The first-order valence-electron chi connectivity index (χ1n) is 5.65. The Hall–Kier alpha value is -2.18. The molecule has 0 aliphatic heterocycles. The third-order valence-corrected chi connectivity index (χ3v) is 2.78. The van der Waals surface area contributed by atoms with Crippen molar-refractivity contribution in [1.82, 2.24) is 15.5 Å². The summed E-state index contributed by atoms with van der Waals surface area (Å²) in [5.74, 6) is -1.27. The summed E-state index contributed by atoms with van der Waals surface area (Å²) >= 11 is 0. The number of aliphatic carboxylic acids is 1. The molecule has 0 spiro atoms. The summed E-state index contributed by atoms with van der Waals surface area (Å²) < 4.78 is 0. The molecule has 18 heavy (non-hydrogen) atoms. The minimum absolute atomic E-state index is 0.00310. The first kappa shape index (κ1) is 12.3. The monoisotopic (exact) mass is 251 g/mol. The largest absolute Gasteiger partial charge is 0.480 e. The van der Waals surface area contributed by atoms with E-state index in [4.69, 9.17) is 5.11 Å². The molecule has 1 aromatic rings. The van der Waals surface area contributed by atoms with Crippen LogP contribution in [0.2, 0.25) is 0 Å². The standard InChI is InChI=1S/C11H13N3O4/c15-9-4-3-7(13-14-9)10(16)12-8(11(17)18)5-6-1-2-6/h3-4,6,8H,1-2,5H2,(H,12,16)(H,14,15)(H,17,18)/t8-/m0/s1. The van der Waals surface area contributed by atoms with Gasteiger partial charge in [0.2, 0.25) is 0 Å². The smallest absolute Gasteiger partial charge is 0.326 e. The summed E-state index contributed by atoms with van der Waals surface area (Å²) in [4.78, 5) is 33.5. The molecule has 1 fully saturated rings. The zero-order valence-electron chi connectivity index (χ0n) is 9.55. The van der Waals surface area contributed by atoms with Crippen LogP contribution < -0.4 is 10.9 Å². The van der Waals surface area contributed by atoms with E-state index in [1.807, 2.05) is 0 Å². The first-order chi connectivity index (χ1) is 8.56. The van der Waals surface area contributed by atoms with E-state index in [2.05, 4.69) is 15.5 Å². The second-order valence-electron chi connectivity index (χ2n) is 4.35. The SMILES string of the molecule is O=C(N[C@@H](CC1CC1)C(=O)O)c1ccc(=O)[nH]n1. The second-order valence-corrected chi connectivity index (χ2v) is 4.35. The van der Waals surface area contributed by atoms with Crippen LogP contribution in [-0.2, 0) is 4.79 Å². The molecule has 96 valence electrons. The van der Waals surface area contributed by atoms with Crippen molar-refractivity contribution in [1.29, 1.82) is 0 Å². The van der Waals surface area contributed by atoms with Gasteiger partial charge in [-0.2, -0.15) is 5.10 Å². The van der Waals surface area contributed by atoms with Crippen LogP contribution in [0.5, 0.6) is 0 Å². The molecule has 1 amide bonds. The van der Waals surface area contributed by atoms with Crippen molar-refractivity contribution in [2.24, 2.45) is 5.92 Å². The molecule has 0 radical (unpaired) electrons. The minimum atomic E-state index is -1.06. The van der Waals surface area contributed by atoms with Gasteiger partial charge in [-0.25, -0.2) is 9.89 Å². The molecule has 3 N–H and O–H groups in total. The lowest BCUT2D eigenvalue weighted by atomic mass is 10.1. The van der Waals surface area contributed by atoms with E-state index < -0.39 is 23.5 Å². The molecule has 0 saturated heterocycles. The van der Waals surface area contributed by atoms with Gasteiger partial charge in [0.1, 0.15) is 11.7 Å². The number of amides is 1. The topological polar surface area (TPSA) is 112 Å². The summed E-state index contributed by atoms with van der Waals surface area (Å²) in [5.41, 5.74) is -0.420. The van der Waals surface area contributed by atoms with E-state index in [0.717, 1.165) is 12.8 Å². The van der Waals surface area contributed by atoms with Crippen molar-refractivity contribution in [2.45, 2.75) is 25.3 Å². The summed E-state index contributed by atoms with van der Waals surface area (Å²) in [6.07, 6.45) is 2.46. The predicted molar refractivity (Wildman–Crippen MR) is 61.1 cm³/mol. The molecular weight excluding hydrogens is 238 g/mol. The summed E-state index contributed by atoms with van der Waals surface area (Å²) in [5, 5.41) is 17.1. The minimum Gasteiger partial charge on any atom is -0.480 e. The zero-order chi connectivity index (χ0) is 13.1. The lowest BCUT2D eigenvalue weighted by Gasteiger charge is -2.13. The van der Waals surface area contributed by atoms with Crippen LogP contribution in [0.15, 0.2) is 16.9 Å². The van der Waals surface area contributed by atoms with Gasteiger partial charge < -0.3 is 10.4 Å². The van der Waals surface area contributed by atoms with Crippen molar-refractivity contribution in [3.05, 3.63) is 28.2 Å². The molecular formula is C11H13N3O4. The van der Waals surface area contributed by atoms with Gasteiger partial charge in [-0.05, 0) is 18.4 Å². The van der Waals surface area contributed by atoms with E-state index in [1.54, 1.807) is 0 Å². The third kappa shape index (κ3) is 3.16. The van der Waals surface area contributed by atoms with Gasteiger partial charge in [0, 0.05) is 6.07 Å². The Balaban J connectivity index is 2.01. The van der Waals surface area contributed by atoms with Crippen LogP contribution in [0.25, 0.3) is 0 Å². The molecule has 1 aromatic heterocycles. The highest BCUT2D eigenvalue weighted by atomic mass is 16.4. The number of carbonyl (C=O) groups excluding carboxylic acids is 1. The molecule has 1 saturated carbocycles. The van der Waals surface area contributed by atoms with Gasteiger partial charge in [-0.3, -0.25) is 9.59 Å². The maximum Gasteiger partial charge on any atom is 0.326 e. The average Bonchev–Trinajstić information content (AvgIpc) is 3.12. The van der Waals surface area contributed by atoms with Crippen molar-refractivity contribution in [3.63, 3.8) is 0 Å².